The monoisotopic (exact) mass is 280 g/mol. The Morgan fingerprint density at radius 3 is 2.90 bits per heavy atom. The van der Waals surface area contributed by atoms with Gasteiger partial charge in [-0.1, -0.05) is 31.2 Å². The topological polar surface area (TPSA) is 24.9 Å². The number of pyridine rings is 1. The van der Waals surface area contributed by atoms with Crippen LogP contribution in [0, 0.1) is 6.92 Å². The number of aromatic nitrogens is 1. The molecule has 3 rings (SSSR count). The first-order valence-corrected chi connectivity index (χ1v) is 8.01. The number of nitrogens with zero attached hydrogens (tertiary/aromatic N) is 1. The molecule has 1 aromatic carbocycles. The van der Waals surface area contributed by atoms with Gasteiger partial charge in [-0.3, -0.25) is 4.98 Å². The predicted octanol–water partition coefficient (Wildman–Crippen LogP) is 4.16. The van der Waals surface area contributed by atoms with Gasteiger partial charge in [-0.15, -0.1) is 0 Å². The Balaban J connectivity index is 1.75. The molecule has 1 aliphatic carbocycles. The molecule has 0 aliphatic heterocycles. The standard InChI is InChI=1S/C19H24N2/c1-3-9-20-19(18-11-14(2)8-10-21-18)13-16-12-15-6-4-5-7-17(15)16/h4-8,10-11,16,19-20H,3,9,12-13H2,1-2H3. The van der Waals surface area contributed by atoms with Crippen LogP contribution in [0.15, 0.2) is 42.6 Å². The predicted molar refractivity (Wildman–Crippen MR) is 87.5 cm³/mol. The minimum atomic E-state index is 0.364. The van der Waals surface area contributed by atoms with E-state index in [1.807, 2.05) is 6.20 Å². The van der Waals surface area contributed by atoms with E-state index in [0.29, 0.717) is 12.0 Å². The largest absolute Gasteiger partial charge is 0.309 e. The minimum Gasteiger partial charge on any atom is -0.309 e. The molecule has 2 heteroatoms. The van der Waals surface area contributed by atoms with Crippen molar-refractivity contribution in [2.45, 2.75) is 45.1 Å². The van der Waals surface area contributed by atoms with Crippen molar-refractivity contribution in [1.29, 1.82) is 0 Å². The number of hydrogen-bond donors (Lipinski definition) is 1. The number of rotatable bonds is 6. The normalized spacial score (nSPS) is 17.9. The SMILES string of the molecule is CCCNC(CC1Cc2ccccc21)c1cc(C)ccn1. The molecule has 2 unspecified atom stereocenters. The first-order chi connectivity index (χ1) is 10.3. The van der Waals surface area contributed by atoms with Gasteiger partial charge in [0.1, 0.15) is 0 Å². The molecule has 1 aliphatic rings. The van der Waals surface area contributed by atoms with Crippen molar-refractivity contribution in [2.75, 3.05) is 6.54 Å². The highest BCUT2D eigenvalue weighted by molar-refractivity contribution is 5.40. The van der Waals surface area contributed by atoms with Crippen LogP contribution < -0.4 is 5.32 Å². The van der Waals surface area contributed by atoms with Crippen molar-refractivity contribution < 1.29 is 0 Å². The van der Waals surface area contributed by atoms with Crippen molar-refractivity contribution in [2.24, 2.45) is 0 Å². The van der Waals surface area contributed by atoms with E-state index in [0.717, 1.165) is 19.4 Å². The second kappa shape index (κ2) is 6.40. The van der Waals surface area contributed by atoms with Gasteiger partial charge in [0.05, 0.1) is 11.7 Å². The molecule has 1 N–H and O–H groups in total. The molecule has 0 saturated carbocycles. The molecular weight excluding hydrogens is 256 g/mol. The molecule has 1 aromatic heterocycles. The maximum absolute atomic E-state index is 4.60. The molecule has 2 aromatic rings. The van der Waals surface area contributed by atoms with Crippen LogP contribution in [0.4, 0.5) is 0 Å². The molecule has 0 amide bonds. The summed E-state index contributed by atoms with van der Waals surface area (Å²) in [6.07, 6.45) is 5.45. The van der Waals surface area contributed by atoms with Crippen LogP contribution in [0.1, 0.15) is 54.1 Å². The van der Waals surface area contributed by atoms with E-state index in [9.17, 15) is 0 Å². The Hall–Kier alpha value is -1.67. The van der Waals surface area contributed by atoms with Crippen molar-refractivity contribution in [3.05, 3.63) is 65.0 Å². The van der Waals surface area contributed by atoms with Crippen LogP contribution >= 0.6 is 0 Å². The minimum absolute atomic E-state index is 0.364. The van der Waals surface area contributed by atoms with Crippen molar-refractivity contribution in [1.82, 2.24) is 10.3 Å². The summed E-state index contributed by atoms with van der Waals surface area (Å²) in [5.41, 5.74) is 5.53. The summed E-state index contributed by atoms with van der Waals surface area (Å²) in [6.45, 7) is 5.40. The highest BCUT2D eigenvalue weighted by Gasteiger charge is 2.28. The lowest BCUT2D eigenvalue weighted by Crippen LogP contribution is -2.28. The smallest absolute Gasteiger partial charge is 0.0576 e. The molecule has 2 atom stereocenters. The number of hydrogen-bond acceptors (Lipinski definition) is 2. The fourth-order valence-electron chi connectivity index (χ4n) is 3.23. The fraction of sp³-hybridized carbons (Fsp3) is 0.421. The van der Waals surface area contributed by atoms with E-state index >= 15 is 0 Å². The van der Waals surface area contributed by atoms with Crippen LogP contribution in [-0.2, 0) is 6.42 Å². The average molecular weight is 280 g/mol. The van der Waals surface area contributed by atoms with Gasteiger partial charge in [-0.25, -0.2) is 0 Å². The summed E-state index contributed by atoms with van der Waals surface area (Å²) < 4.78 is 0. The van der Waals surface area contributed by atoms with Gasteiger partial charge >= 0.3 is 0 Å². The lowest BCUT2D eigenvalue weighted by atomic mass is 9.74. The molecule has 0 bridgehead atoms. The van der Waals surface area contributed by atoms with Crippen LogP contribution in [-0.4, -0.2) is 11.5 Å². The summed E-state index contributed by atoms with van der Waals surface area (Å²) in [5, 5.41) is 3.68. The molecule has 110 valence electrons. The van der Waals surface area contributed by atoms with Gasteiger partial charge in [0.25, 0.3) is 0 Å². The third-order valence-corrected chi connectivity index (χ3v) is 4.42. The maximum Gasteiger partial charge on any atom is 0.0576 e. The molecule has 0 fully saturated rings. The van der Waals surface area contributed by atoms with Gasteiger partial charge in [-0.2, -0.15) is 0 Å². The highest BCUT2D eigenvalue weighted by Crippen LogP contribution is 2.40. The molecule has 0 spiro atoms. The van der Waals surface area contributed by atoms with E-state index in [1.165, 1.54) is 28.8 Å². The Morgan fingerprint density at radius 1 is 1.29 bits per heavy atom. The molecule has 2 nitrogen and oxygen atoms in total. The van der Waals surface area contributed by atoms with Gasteiger partial charge in [-0.05, 0) is 67.5 Å². The average Bonchev–Trinajstić information content (AvgIpc) is 2.48. The maximum atomic E-state index is 4.60. The van der Waals surface area contributed by atoms with E-state index in [4.69, 9.17) is 0 Å². The quantitative estimate of drug-likeness (QED) is 0.859. The van der Waals surface area contributed by atoms with Crippen LogP contribution in [0.3, 0.4) is 0 Å². The molecule has 0 saturated heterocycles. The van der Waals surface area contributed by atoms with E-state index in [1.54, 1.807) is 0 Å². The van der Waals surface area contributed by atoms with Crippen LogP contribution in [0.25, 0.3) is 0 Å². The Morgan fingerprint density at radius 2 is 2.14 bits per heavy atom. The summed E-state index contributed by atoms with van der Waals surface area (Å²) in [6, 6.07) is 13.5. The van der Waals surface area contributed by atoms with Gasteiger partial charge in [0, 0.05) is 6.20 Å². The number of benzene rings is 1. The molecule has 21 heavy (non-hydrogen) atoms. The third-order valence-electron chi connectivity index (χ3n) is 4.42. The van der Waals surface area contributed by atoms with Gasteiger partial charge in [0.15, 0.2) is 0 Å². The first kappa shape index (κ1) is 14.3. The number of nitrogens with one attached hydrogen (secondary N) is 1. The zero-order valence-corrected chi connectivity index (χ0v) is 13.0. The van der Waals surface area contributed by atoms with E-state index in [2.05, 4.69) is 60.5 Å². The zero-order valence-electron chi connectivity index (χ0n) is 13.0. The summed E-state index contributed by atoms with van der Waals surface area (Å²) in [5.74, 6) is 0.679. The fourth-order valence-corrected chi connectivity index (χ4v) is 3.23. The summed E-state index contributed by atoms with van der Waals surface area (Å²) in [4.78, 5) is 4.60. The van der Waals surface area contributed by atoms with E-state index in [-0.39, 0.29) is 0 Å². The van der Waals surface area contributed by atoms with Crippen molar-refractivity contribution in [3.63, 3.8) is 0 Å². The van der Waals surface area contributed by atoms with Crippen LogP contribution in [0.2, 0.25) is 0 Å². The summed E-state index contributed by atoms with van der Waals surface area (Å²) in [7, 11) is 0. The molecular formula is C19H24N2. The Labute approximate surface area is 127 Å². The van der Waals surface area contributed by atoms with Gasteiger partial charge in [0.2, 0.25) is 0 Å². The second-order valence-corrected chi connectivity index (χ2v) is 6.10. The lowest BCUT2D eigenvalue weighted by molar-refractivity contribution is 0.421. The molecule has 1 heterocycles. The van der Waals surface area contributed by atoms with Gasteiger partial charge < -0.3 is 5.32 Å². The Bertz CT molecular complexity index is 606. The number of fused-ring (bicyclic) bond motifs is 1. The lowest BCUT2D eigenvalue weighted by Gasteiger charge is -2.33. The third kappa shape index (κ3) is 3.16. The Kier molecular flexibility index (Phi) is 4.35. The summed E-state index contributed by atoms with van der Waals surface area (Å²) >= 11 is 0. The van der Waals surface area contributed by atoms with Crippen molar-refractivity contribution in [3.8, 4) is 0 Å². The zero-order chi connectivity index (χ0) is 14.7. The number of aryl methyl sites for hydroxylation is 1. The first-order valence-electron chi connectivity index (χ1n) is 8.01. The van der Waals surface area contributed by atoms with Crippen LogP contribution in [0.5, 0.6) is 0 Å². The van der Waals surface area contributed by atoms with Crippen molar-refractivity contribution >= 4 is 0 Å². The van der Waals surface area contributed by atoms with E-state index < -0.39 is 0 Å². The molecule has 0 radical (unpaired) electrons. The second-order valence-electron chi connectivity index (χ2n) is 6.10. The highest BCUT2D eigenvalue weighted by atomic mass is 14.9.